The van der Waals surface area contributed by atoms with Gasteiger partial charge in [-0.15, -0.1) is 0 Å². The Hall–Kier alpha value is -2.02. The molecule has 0 saturated carbocycles. The highest BCUT2D eigenvalue weighted by molar-refractivity contribution is 7.13. The van der Waals surface area contributed by atoms with Crippen LogP contribution < -0.4 is 5.32 Å². The number of rotatable bonds is 3. The highest BCUT2D eigenvalue weighted by Crippen LogP contribution is 2.25. The molecular weight excluding hydrogens is 238 g/mol. The summed E-state index contributed by atoms with van der Waals surface area (Å²) in [6.07, 6.45) is 3.08. The molecule has 0 unspecified atom stereocenters. The van der Waals surface area contributed by atoms with Crippen LogP contribution in [0.1, 0.15) is 11.4 Å². The van der Waals surface area contributed by atoms with Crippen LogP contribution in [0.5, 0.6) is 0 Å². The van der Waals surface area contributed by atoms with Crippen molar-refractivity contribution in [3.63, 3.8) is 0 Å². The van der Waals surface area contributed by atoms with Gasteiger partial charge in [-0.1, -0.05) is 5.16 Å². The van der Waals surface area contributed by atoms with Gasteiger partial charge in [-0.3, -0.25) is 0 Å². The quantitative estimate of drug-likeness (QED) is 0.762. The number of aromatic nitrogens is 4. The molecule has 3 aromatic heterocycles. The molecule has 1 N–H and O–H groups in total. The minimum atomic E-state index is 0.567. The molecule has 3 aromatic rings. The van der Waals surface area contributed by atoms with Gasteiger partial charge >= 0.3 is 0 Å². The molecule has 0 atom stereocenters. The predicted octanol–water partition coefficient (Wildman–Crippen LogP) is 1.99. The van der Waals surface area contributed by atoms with Crippen molar-refractivity contribution in [1.82, 2.24) is 19.5 Å². The van der Waals surface area contributed by atoms with Gasteiger partial charge in [-0.25, -0.2) is 9.97 Å². The summed E-state index contributed by atoms with van der Waals surface area (Å²) in [7, 11) is 0. The Bertz CT molecular complexity index is 633. The number of nitrogens with zero attached hydrogens (tertiary/aromatic N) is 4. The van der Waals surface area contributed by atoms with Gasteiger partial charge in [0.05, 0.1) is 17.6 Å². The Morgan fingerprint density at radius 1 is 1.41 bits per heavy atom. The van der Waals surface area contributed by atoms with Gasteiger partial charge in [0.1, 0.15) is 28.9 Å². The molecular formula is C10H9N5OS. The molecule has 0 bridgehead atoms. The van der Waals surface area contributed by atoms with Crippen LogP contribution in [-0.2, 0) is 6.54 Å². The number of fused-ring (bicyclic) bond motifs is 1. The van der Waals surface area contributed by atoms with Crippen LogP contribution >= 0.6 is 11.5 Å². The Labute approximate surface area is 101 Å². The van der Waals surface area contributed by atoms with Crippen molar-refractivity contribution in [3.8, 4) is 0 Å². The molecule has 86 valence electrons. The summed E-state index contributed by atoms with van der Waals surface area (Å²) in [5.41, 5.74) is 1.77. The summed E-state index contributed by atoms with van der Waals surface area (Å²) in [6.45, 7) is 2.52. The molecule has 17 heavy (non-hydrogen) atoms. The van der Waals surface area contributed by atoms with Crippen molar-refractivity contribution >= 4 is 27.6 Å². The van der Waals surface area contributed by atoms with Crippen molar-refractivity contribution in [3.05, 3.63) is 30.0 Å². The molecule has 0 fully saturated rings. The van der Waals surface area contributed by atoms with Crippen LogP contribution in [0.2, 0.25) is 0 Å². The second-order valence-electron chi connectivity index (χ2n) is 3.51. The average molecular weight is 247 g/mol. The van der Waals surface area contributed by atoms with Crippen molar-refractivity contribution in [2.45, 2.75) is 13.5 Å². The van der Waals surface area contributed by atoms with Gasteiger partial charge in [0, 0.05) is 6.07 Å². The third-order valence-electron chi connectivity index (χ3n) is 2.37. The van der Waals surface area contributed by atoms with E-state index in [0.717, 1.165) is 27.4 Å². The lowest BCUT2D eigenvalue weighted by Gasteiger charge is -2.03. The van der Waals surface area contributed by atoms with E-state index >= 15 is 0 Å². The van der Waals surface area contributed by atoms with Crippen molar-refractivity contribution in [1.29, 1.82) is 0 Å². The Balaban J connectivity index is 1.92. The SMILES string of the molecule is Cc1nsc2ncnc(NCc3ccon3)c12. The zero-order chi connectivity index (χ0) is 11.7. The first-order chi connectivity index (χ1) is 8.34. The smallest absolute Gasteiger partial charge is 0.149 e. The lowest BCUT2D eigenvalue weighted by atomic mass is 10.3. The van der Waals surface area contributed by atoms with E-state index in [1.165, 1.54) is 17.9 Å². The zero-order valence-electron chi connectivity index (χ0n) is 9.04. The third-order valence-corrected chi connectivity index (χ3v) is 3.22. The van der Waals surface area contributed by atoms with Crippen molar-refractivity contribution < 1.29 is 4.52 Å². The summed E-state index contributed by atoms with van der Waals surface area (Å²) in [5, 5.41) is 8.01. The minimum Gasteiger partial charge on any atom is -0.364 e. The molecule has 0 radical (unpaired) electrons. The predicted molar refractivity (Wildman–Crippen MR) is 63.8 cm³/mol. The Morgan fingerprint density at radius 2 is 2.35 bits per heavy atom. The van der Waals surface area contributed by atoms with E-state index in [-0.39, 0.29) is 0 Å². The molecule has 0 amide bonds. The fourth-order valence-corrected chi connectivity index (χ4v) is 2.30. The molecule has 6 nitrogen and oxygen atoms in total. The highest BCUT2D eigenvalue weighted by atomic mass is 32.1. The maximum Gasteiger partial charge on any atom is 0.149 e. The van der Waals surface area contributed by atoms with Gasteiger partial charge in [0.2, 0.25) is 0 Å². The molecule has 0 aromatic carbocycles. The van der Waals surface area contributed by atoms with E-state index in [4.69, 9.17) is 4.52 Å². The molecule has 7 heteroatoms. The monoisotopic (exact) mass is 247 g/mol. The number of nitrogens with one attached hydrogen (secondary N) is 1. The number of hydrogen-bond donors (Lipinski definition) is 1. The van der Waals surface area contributed by atoms with Crippen LogP contribution in [0, 0.1) is 6.92 Å². The van der Waals surface area contributed by atoms with Crippen molar-refractivity contribution in [2.24, 2.45) is 0 Å². The van der Waals surface area contributed by atoms with Crippen LogP contribution in [0.3, 0.4) is 0 Å². The first-order valence-corrected chi connectivity index (χ1v) is 5.82. The highest BCUT2D eigenvalue weighted by Gasteiger charge is 2.09. The lowest BCUT2D eigenvalue weighted by Crippen LogP contribution is -2.02. The Kier molecular flexibility index (Phi) is 2.45. The zero-order valence-corrected chi connectivity index (χ0v) is 9.86. The summed E-state index contributed by atoms with van der Waals surface area (Å²) >= 11 is 1.38. The van der Waals surface area contributed by atoms with Gasteiger partial charge in [0.15, 0.2) is 0 Å². The largest absolute Gasteiger partial charge is 0.364 e. The van der Waals surface area contributed by atoms with Crippen molar-refractivity contribution in [2.75, 3.05) is 5.32 Å². The number of hydrogen-bond acceptors (Lipinski definition) is 7. The van der Waals surface area contributed by atoms with E-state index in [2.05, 4.69) is 24.8 Å². The maximum atomic E-state index is 4.77. The van der Waals surface area contributed by atoms with E-state index in [9.17, 15) is 0 Å². The van der Waals surface area contributed by atoms with Crippen LogP contribution in [0.15, 0.2) is 23.2 Å². The van der Waals surface area contributed by atoms with Crippen LogP contribution in [0.4, 0.5) is 5.82 Å². The summed E-state index contributed by atoms with van der Waals surface area (Å²) in [5.74, 6) is 0.782. The lowest BCUT2D eigenvalue weighted by molar-refractivity contribution is 0.412. The van der Waals surface area contributed by atoms with E-state index < -0.39 is 0 Å². The second kappa shape index (κ2) is 4.10. The molecule has 3 rings (SSSR count). The summed E-state index contributed by atoms with van der Waals surface area (Å²) in [4.78, 5) is 9.29. The molecule has 0 aliphatic carbocycles. The van der Waals surface area contributed by atoms with E-state index in [1.54, 1.807) is 6.26 Å². The summed E-state index contributed by atoms with van der Waals surface area (Å²) in [6, 6.07) is 1.81. The fourth-order valence-electron chi connectivity index (χ4n) is 1.56. The summed E-state index contributed by atoms with van der Waals surface area (Å²) < 4.78 is 9.03. The molecule has 0 saturated heterocycles. The first-order valence-electron chi connectivity index (χ1n) is 5.04. The fraction of sp³-hybridized carbons (Fsp3) is 0.200. The second-order valence-corrected chi connectivity index (χ2v) is 4.27. The maximum absolute atomic E-state index is 4.77. The first kappa shape index (κ1) is 10.2. The normalized spacial score (nSPS) is 10.9. The van der Waals surface area contributed by atoms with Gasteiger partial charge in [0.25, 0.3) is 0 Å². The van der Waals surface area contributed by atoms with E-state index in [0.29, 0.717) is 6.54 Å². The number of aryl methyl sites for hydroxylation is 1. The molecule has 0 spiro atoms. The van der Waals surface area contributed by atoms with Gasteiger partial charge in [-0.2, -0.15) is 4.37 Å². The topological polar surface area (TPSA) is 76.7 Å². The van der Waals surface area contributed by atoms with Crippen LogP contribution in [0.25, 0.3) is 10.2 Å². The molecule has 3 heterocycles. The van der Waals surface area contributed by atoms with Gasteiger partial charge in [-0.05, 0) is 18.5 Å². The third kappa shape index (κ3) is 1.84. The molecule has 0 aliphatic heterocycles. The van der Waals surface area contributed by atoms with Crippen LogP contribution in [-0.4, -0.2) is 19.5 Å². The minimum absolute atomic E-state index is 0.567. The number of anilines is 1. The Morgan fingerprint density at radius 3 is 3.18 bits per heavy atom. The molecule has 0 aliphatic rings. The van der Waals surface area contributed by atoms with E-state index in [1.807, 2.05) is 13.0 Å². The average Bonchev–Trinajstić information content (AvgIpc) is 2.97. The van der Waals surface area contributed by atoms with Gasteiger partial charge < -0.3 is 9.84 Å². The standard InChI is InChI=1S/C10H9N5OS/c1-6-8-9(11-4-7-2-3-16-14-7)12-5-13-10(8)17-15-6/h2-3,5H,4H2,1H3,(H,11,12,13).